The second kappa shape index (κ2) is 8.47. The number of nitrogens with one attached hydrogen (secondary N) is 1. The summed E-state index contributed by atoms with van der Waals surface area (Å²) >= 11 is 0. The highest BCUT2D eigenvalue weighted by Crippen LogP contribution is 2.22. The molecule has 2 aromatic rings. The molecule has 6 nitrogen and oxygen atoms in total. The van der Waals surface area contributed by atoms with E-state index in [1.54, 1.807) is 6.92 Å². The van der Waals surface area contributed by atoms with E-state index < -0.39 is 0 Å². The van der Waals surface area contributed by atoms with Crippen molar-refractivity contribution >= 4 is 5.91 Å². The van der Waals surface area contributed by atoms with Gasteiger partial charge in [0, 0.05) is 32.1 Å². The number of aromatic nitrogens is 1. The highest BCUT2D eigenvalue weighted by molar-refractivity contribution is 5.96. The smallest absolute Gasteiger partial charge is 0.256 e. The van der Waals surface area contributed by atoms with Crippen LogP contribution in [0.25, 0.3) is 0 Å². The molecule has 1 aliphatic heterocycles. The molecule has 26 heavy (non-hydrogen) atoms. The van der Waals surface area contributed by atoms with Crippen molar-refractivity contribution in [3.63, 3.8) is 0 Å². The van der Waals surface area contributed by atoms with Crippen LogP contribution in [0.1, 0.15) is 47.1 Å². The van der Waals surface area contributed by atoms with Gasteiger partial charge in [-0.05, 0) is 12.5 Å². The molecule has 6 heteroatoms. The lowest BCUT2D eigenvalue weighted by Gasteiger charge is -2.33. The fourth-order valence-electron chi connectivity index (χ4n) is 3.24. The van der Waals surface area contributed by atoms with Gasteiger partial charge in [-0.1, -0.05) is 49.3 Å². The number of amides is 1. The second-order valence-electron chi connectivity index (χ2n) is 7.09. The molecular formula is C20H27N3O3. The number of rotatable bonds is 6. The average molecular weight is 357 g/mol. The third-order valence-electron chi connectivity index (χ3n) is 4.60. The molecule has 3 rings (SSSR count). The zero-order valence-electron chi connectivity index (χ0n) is 15.7. The number of hydrogen-bond acceptors (Lipinski definition) is 5. The molecule has 1 aliphatic rings. The maximum absolute atomic E-state index is 12.6. The molecule has 1 atom stereocenters. The van der Waals surface area contributed by atoms with Gasteiger partial charge in [0.1, 0.15) is 5.56 Å². The Morgan fingerprint density at radius 3 is 2.85 bits per heavy atom. The first kappa shape index (κ1) is 18.6. The second-order valence-corrected chi connectivity index (χ2v) is 7.09. The Bertz CT molecular complexity index is 727. The van der Waals surface area contributed by atoms with Crippen molar-refractivity contribution in [3.8, 4) is 0 Å². The topological polar surface area (TPSA) is 67.6 Å². The summed E-state index contributed by atoms with van der Waals surface area (Å²) in [6.45, 7) is 9.53. The van der Waals surface area contributed by atoms with Crippen LogP contribution in [-0.2, 0) is 11.3 Å². The van der Waals surface area contributed by atoms with Crippen LogP contribution >= 0.6 is 0 Å². The van der Waals surface area contributed by atoms with E-state index in [1.165, 1.54) is 5.56 Å². The maximum atomic E-state index is 12.6. The maximum Gasteiger partial charge on any atom is 0.256 e. The minimum atomic E-state index is -0.142. The van der Waals surface area contributed by atoms with Gasteiger partial charge in [0.15, 0.2) is 5.76 Å². The number of carbonyl (C=O) groups is 1. The van der Waals surface area contributed by atoms with Crippen molar-refractivity contribution in [1.29, 1.82) is 0 Å². The van der Waals surface area contributed by atoms with Gasteiger partial charge < -0.3 is 14.6 Å². The molecule has 1 aromatic carbocycles. The molecule has 0 spiro atoms. The Morgan fingerprint density at radius 1 is 1.35 bits per heavy atom. The molecular weight excluding hydrogens is 330 g/mol. The molecule has 1 saturated heterocycles. The first-order valence-electron chi connectivity index (χ1n) is 9.17. The predicted molar refractivity (Wildman–Crippen MR) is 99.1 cm³/mol. The number of benzene rings is 1. The lowest BCUT2D eigenvalue weighted by atomic mass is 10.0. The lowest BCUT2D eigenvalue weighted by molar-refractivity contribution is -0.0292. The van der Waals surface area contributed by atoms with Crippen LogP contribution in [0.5, 0.6) is 0 Å². The van der Waals surface area contributed by atoms with E-state index in [9.17, 15) is 4.79 Å². The largest absolute Gasteiger partial charge is 0.374 e. The molecule has 0 unspecified atom stereocenters. The highest BCUT2D eigenvalue weighted by atomic mass is 16.5. The van der Waals surface area contributed by atoms with Gasteiger partial charge in [0.05, 0.1) is 18.4 Å². The first-order chi connectivity index (χ1) is 12.5. The Hall–Kier alpha value is -2.18. The van der Waals surface area contributed by atoms with E-state index in [2.05, 4.69) is 39.6 Å². The normalized spacial score (nSPS) is 18.2. The van der Waals surface area contributed by atoms with Gasteiger partial charge in [0.2, 0.25) is 0 Å². The summed E-state index contributed by atoms with van der Waals surface area (Å²) in [7, 11) is 0. The summed E-state index contributed by atoms with van der Waals surface area (Å²) in [6, 6.07) is 10.4. The molecule has 0 bridgehead atoms. The van der Waals surface area contributed by atoms with Gasteiger partial charge in [0.25, 0.3) is 5.91 Å². The van der Waals surface area contributed by atoms with Crippen molar-refractivity contribution < 1.29 is 14.1 Å². The van der Waals surface area contributed by atoms with Crippen LogP contribution in [0.2, 0.25) is 0 Å². The molecule has 2 heterocycles. The number of carbonyl (C=O) groups excluding carboxylic acids is 1. The third kappa shape index (κ3) is 4.51. The van der Waals surface area contributed by atoms with E-state index in [0.717, 1.165) is 19.6 Å². The molecule has 1 N–H and O–H groups in total. The van der Waals surface area contributed by atoms with Gasteiger partial charge >= 0.3 is 0 Å². The standard InChI is InChI=1S/C20H27N3O3/c1-14(2)19-18(15(3)22-26-19)20(24)21-11-17-13-23(9-10-25-17)12-16-7-5-4-6-8-16/h4-8,14,17H,9-13H2,1-3H3,(H,21,24)/t17-/m0/s1. The quantitative estimate of drug-likeness (QED) is 0.861. The fraction of sp³-hybridized carbons (Fsp3) is 0.500. The van der Waals surface area contributed by atoms with Crippen LogP contribution in [0.15, 0.2) is 34.9 Å². The van der Waals surface area contributed by atoms with Crippen molar-refractivity contribution in [1.82, 2.24) is 15.4 Å². The summed E-state index contributed by atoms with van der Waals surface area (Å²) in [6.07, 6.45) is -0.0147. The Balaban J connectivity index is 1.54. The van der Waals surface area contributed by atoms with Crippen LogP contribution in [0.4, 0.5) is 0 Å². The minimum absolute atomic E-state index is 0.0147. The van der Waals surface area contributed by atoms with Gasteiger partial charge in [-0.3, -0.25) is 9.69 Å². The number of aryl methyl sites for hydroxylation is 1. The molecule has 0 aliphatic carbocycles. The predicted octanol–water partition coefficient (Wildman–Crippen LogP) is 2.74. The van der Waals surface area contributed by atoms with Crippen LogP contribution in [0.3, 0.4) is 0 Å². The molecule has 1 aromatic heterocycles. The number of nitrogens with zero attached hydrogens (tertiary/aromatic N) is 2. The van der Waals surface area contributed by atoms with Crippen molar-refractivity contribution in [2.75, 3.05) is 26.2 Å². The first-order valence-corrected chi connectivity index (χ1v) is 9.17. The Labute approximate surface area is 154 Å². The SMILES string of the molecule is Cc1noc(C(C)C)c1C(=O)NC[C@H]1CN(Cc2ccccc2)CCO1. The fourth-order valence-corrected chi connectivity index (χ4v) is 3.24. The van der Waals surface area contributed by atoms with Gasteiger partial charge in [-0.25, -0.2) is 0 Å². The zero-order valence-corrected chi connectivity index (χ0v) is 15.7. The number of morpholine rings is 1. The van der Waals surface area contributed by atoms with Crippen LogP contribution in [0, 0.1) is 6.92 Å². The van der Waals surface area contributed by atoms with E-state index in [4.69, 9.17) is 9.26 Å². The number of ether oxygens (including phenoxy) is 1. The van der Waals surface area contributed by atoms with Crippen molar-refractivity contribution in [2.45, 2.75) is 39.3 Å². The van der Waals surface area contributed by atoms with Gasteiger partial charge in [-0.2, -0.15) is 0 Å². The van der Waals surface area contributed by atoms with E-state index >= 15 is 0 Å². The van der Waals surface area contributed by atoms with E-state index in [-0.39, 0.29) is 17.9 Å². The minimum Gasteiger partial charge on any atom is -0.374 e. The molecule has 0 saturated carbocycles. The summed E-state index contributed by atoms with van der Waals surface area (Å²) in [4.78, 5) is 14.9. The molecule has 0 radical (unpaired) electrons. The summed E-state index contributed by atoms with van der Waals surface area (Å²) < 4.78 is 11.1. The van der Waals surface area contributed by atoms with Crippen LogP contribution in [-0.4, -0.2) is 48.3 Å². The van der Waals surface area contributed by atoms with E-state index in [1.807, 2.05) is 19.9 Å². The summed E-state index contributed by atoms with van der Waals surface area (Å²) in [5.74, 6) is 0.607. The van der Waals surface area contributed by atoms with E-state index in [0.29, 0.717) is 30.2 Å². The number of hydrogen-bond donors (Lipinski definition) is 1. The molecule has 1 fully saturated rings. The Kier molecular flexibility index (Phi) is 6.06. The summed E-state index contributed by atoms with van der Waals surface area (Å²) in [5, 5.41) is 6.92. The van der Waals surface area contributed by atoms with Crippen LogP contribution < -0.4 is 5.32 Å². The summed E-state index contributed by atoms with van der Waals surface area (Å²) in [5.41, 5.74) is 2.47. The monoisotopic (exact) mass is 357 g/mol. The van der Waals surface area contributed by atoms with Gasteiger partial charge in [-0.15, -0.1) is 0 Å². The third-order valence-corrected chi connectivity index (χ3v) is 4.60. The van der Waals surface area contributed by atoms with Crippen molar-refractivity contribution in [2.24, 2.45) is 0 Å². The molecule has 140 valence electrons. The van der Waals surface area contributed by atoms with Crippen molar-refractivity contribution in [3.05, 3.63) is 52.9 Å². The lowest BCUT2D eigenvalue weighted by Crippen LogP contribution is -2.47. The highest BCUT2D eigenvalue weighted by Gasteiger charge is 2.25. The average Bonchev–Trinajstić information content (AvgIpc) is 3.03. The Morgan fingerprint density at radius 2 is 2.12 bits per heavy atom. The zero-order chi connectivity index (χ0) is 18.5. The molecule has 1 amide bonds.